The normalized spacial score (nSPS) is 22.6. The monoisotopic (exact) mass is 712 g/mol. The molecular formula is C35H47F3N10OS. The second-order valence-corrected chi connectivity index (χ2v) is 14.9. The van der Waals surface area contributed by atoms with Gasteiger partial charge in [-0.3, -0.25) is 24.5 Å². The second kappa shape index (κ2) is 15.3. The van der Waals surface area contributed by atoms with Crippen molar-refractivity contribution in [3.05, 3.63) is 57.4 Å². The predicted octanol–water partition coefficient (Wildman–Crippen LogP) is 3.43. The standard InChI is InChI=1S/C35H47F3N10OS/c1-22(47-13-11-46(12-14-47)21-31(49)40-3)19-48-26(18-39)15-28-23(2)24(5-6-30(28)48)20-45-9-7-25(8-10-45)42-32-29-16-27(17-35(36,37)38)50-33(29)44-34(41-4)43-32/h5-6,15-16,22,25,33,42H,7-14,17,19-21H2,1-4H3,(H,40,49)(H2,41,43,44)/t22-,33?/m0/s1. The van der Waals surface area contributed by atoms with E-state index in [9.17, 15) is 23.2 Å². The van der Waals surface area contributed by atoms with Gasteiger partial charge >= 0.3 is 6.18 Å². The molecule has 0 spiro atoms. The van der Waals surface area contributed by atoms with Gasteiger partial charge in [0.25, 0.3) is 0 Å². The molecule has 11 nitrogen and oxygen atoms in total. The van der Waals surface area contributed by atoms with E-state index in [1.165, 1.54) is 22.9 Å². The number of carbonyl (C=O) groups excluding carboxylic acids is 1. The van der Waals surface area contributed by atoms with Gasteiger partial charge in [-0.2, -0.15) is 18.4 Å². The number of aromatic nitrogens is 1. The van der Waals surface area contributed by atoms with Crippen molar-refractivity contribution in [2.75, 3.05) is 59.9 Å². The molecule has 4 N–H and O–H groups in total. The molecule has 2 fully saturated rings. The molecule has 5 heterocycles. The lowest BCUT2D eigenvalue weighted by atomic mass is 10.0. The van der Waals surface area contributed by atoms with Gasteiger partial charge in [-0.25, -0.2) is 0 Å². The van der Waals surface area contributed by atoms with Crippen LogP contribution >= 0.6 is 11.8 Å². The van der Waals surface area contributed by atoms with Crippen LogP contribution in [0.1, 0.15) is 43.0 Å². The van der Waals surface area contributed by atoms with Crippen LogP contribution in [0.5, 0.6) is 0 Å². The first-order valence-electron chi connectivity index (χ1n) is 17.3. The number of aliphatic imine (C=N–C) groups is 1. The lowest BCUT2D eigenvalue weighted by Gasteiger charge is -2.38. The number of likely N-dealkylation sites (N-methyl/N-ethyl adjacent to an activating group) is 1. The number of hydrogen-bond donors (Lipinski definition) is 4. The number of allylic oxidation sites excluding steroid dienone is 1. The number of thioether (sulfide) groups is 1. The van der Waals surface area contributed by atoms with Crippen LogP contribution < -0.4 is 21.3 Å². The van der Waals surface area contributed by atoms with Crippen molar-refractivity contribution < 1.29 is 18.0 Å². The molecular weight excluding hydrogens is 666 g/mol. The molecule has 270 valence electrons. The van der Waals surface area contributed by atoms with Crippen LogP contribution in [-0.2, 0) is 17.9 Å². The van der Waals surface area contributed by atoms with E-state index in [0.717, 1.165) is 81.0 Å². The minimum atomic E-state index is -4.25. The molecule has 2 saturated heterocycles. The van der Waals surface area contributed by atoms with Gasteiger partial charge in [-0.15, -0.1) is 11.8 Å². The van der Waals surface area contributed by atoms with Crippen LogP contribution in [0.2, 0.25) is 0 Å². The van der Waals surface area contributed by atoms with Gasteiger partial charge in [0.05, 0.1) is 13.0 Å². The number of carbonyl (C=O) groups is 1. The van der Waals surface area contributed by atoms with Crippen molar-refractivity contribution >= 4 is 34.5 Å². The summed E-state index contributed by atoms with van der Waals surface area (Å²) in [6, 6.07) is 9.22. The summed E-state index contributed by atoms with van der Waals surface area (Å²) in [7, 11) is 3.32. The SMILES string of the molecule is CN=C1NC(NC2CCN(Cc3ccc4c(cc(C#N)n4C[C@H](C)N4CCN(CC(=O)NC)CC4)c3C)CC2)=C2C=C(CC(F)(F)F)SC2N1. The molecule has 2 atom stereocenters. The maximum Gasteiger partial charge on any atom is 0.393 e. The maximum absolute atomic E-state index is 13.1. The number of rotatable bonds is 10. The highest BCUT2D eigenvalue weighted by molar-refractivity contribution is 8.04. The summed E-state index contributed by atoms with van der Waals surface area (Å²) in [6.45, 7) is 11.5. The minimum Gasteiger partial charge on any atom is -0.368 e. The van der Waals surface area contributed by atoms with E-state index < -0.39 is 12.6 Å². The number of benzene rings is 1. The zero-order valence-electron chi connectivity index (χ0n) is 29.2. The van der Waals surface area contributed by atoms with Gasteiger partial charge in [0, 0.05) is 95.0 Å². The number of guanidine groups is 1. The average molecular weight is 713 g/mol. The predicted molar refractivity (Wildman–Crippen MR) is 191 cm³/mol. The van der Waals surface area contributed by atoms with Crippen LogP contribution in [0.3, 0.4) is 0 Å². The molecule has 1 aromatic carbocycles. The van der Waals surface area contributed by atoms with Crippen LogP contribution in [0.15, 0.2) is 45.6 Å². The zero-order chi connectivity index (χ0) is 35.6. The number of amides is 1. The molecule has 1 amide bonds. The Kier molecular flexibility index (Phi) is 11.0. The number of nitrogens with zero attached hydrogens (tertiary/aromatic N) is 6. The number of piperazine rings is 1. The fraction of sp³-hybridized carbons (Fsp3) is 0.571. The summed E-state index contributed by atoms with van der Waals surface area (Å²) in [5.41, 5.74) is 4.97. The number of hydrogen-bond acceptors (Lipinski definition) is 8. The number of halogens is 3. The Morgan fingerprint density at radius 1 is 1.16 bits per heavy atom. The quantitative estimate of drug-likeness (QED) is 0.294. The van der Waals surface area contributed by atoms with Crippen molar-refractivity contribution in [1.82, 2.24) is 40.5 Å². The van der Waals surface area contributed by atoms with E-state index in [1.807, 2.05) is 6.07 Å². The number of piperidine rings is 1. The molecule has 50 heavy (non-hydrogen) atoms. The lowest BCUT2D eigenvalue weighted by Crippen LogP contribution is -2.53. The molecule has 0 bridgehead atoms. The number of nitriles is 1. The summed E-state index contributed by atoms with van der Waals surface area (Å²) in [5.74, 6) is 1.31. The largest absolute Gasteiger partial charge is 0.393 e. The highest BCUT2D eigenvalue weighted by Crippen LogP contribution is 2.42. The van der Waals surface area contributed by atoms with Crippen molar-refractivity contribution in [1.29, 1.82) is 5.26 Å². The summed E-state index contributed by atoms with van der Waals surface area (Å²) in [4.78, 5) is 23.4. The molecule has 0 radical (unpaired) electrons. The Bertz CT molecular complexity index is 1710. The van der Waals surface area contributed by atoms with Crippen LogP contribution in [0, 0.1) is 18.3 Å². The number of alkyl halides is 3. The van der Waals surface area contributed by atoms with Crippen LogP contribution in [0.25, 0.3) is 10.9 Å². The van der Waals surface area contributed by atoms with Crippen molar-refractivity contribution in [3.8, 4) is 6.07 Å². The topological polar surface area (TPSA) is 116 Å². The maximum atomic E-state index is 13.1. The fourth-order valence-electron chi connectivity index (χ4n) is 7.38. The number of likely N-dealkylation sites (tertiary alicyclic amines) is 1. The first-order chi connectivity index (χ1) is 23.9. The molecule has 1 unspecified atom stereocenters. The van der Waals surface area contributed by atoms with Gasteiger partial charge < -0.3 is 25.8 Å². The molecule has 15 heteroatoms. The van der Waals surface area contributed by atoms with E-state index in [1.54, 1.807) is 20.2 Å². The molecule has 4 aliphatic rings. The molecule has 2 aromatic rings. The Hall–Kier alpha value is -3.71. The molecule has 6 rings (SSSR count). The minimum absolute atomic E-state index is 0.0373. The number of aryl methyl sites for hydroxylation is 1. The Morgan fingerprint density at radius 2 is 1.90 bits per heavy atom. The first kappa shape index (κ1) is 36.1. The Labute approximate surface area is 296 Å². The average Bonchev–Trinajstić information content (AvgIpc) is 3.66. The Balaban J connectivity index is 1.07. The smallest absolute Gasteiger partial charge is 0.368 e. The van der Waals surface area contributed by atoms with Crippen LogP contribution in [0.4, 0.5) is 13.2 Å². The first-order valence-corrected chi connectivity index (χ1v) is 18.2. The highest BCUT2D eigenvalue weighted by Gasteiger charge is 2.37. The van der Waals surface area contributed by atoms with E-state index >= 15 is 0 Å². The van der Waals surface area contributed by atoms with E-state index in [-0.39, 0.29) is 23.4 Å². The fourth-order valence-corrected chi connectivity index (χ4v) is 8.60. The van der Waals surface area contributed by atoms with Crippen molar-refractivity contribution in [3.63, 3.8) is 0 Å². The Morgan fingerprint density at radius 3 is 2.56 bits per heavy atom. The van der Waals surface area contributed by atoms with Crippen molar-refractivity contribution in [2.45, 2.75) is 69.8 Å². The summed E-state index contributed by atoms with van der Waals surface area (Å²) in [6.07, 6.45) is -1.74. The van der Waals surface area contributed by atoms with Gasteiger partial charge in [-0.05, 0) is 60.9 Å². The number of fused-ring (bicyclic) bond motifs is 2. The van der Waals surface area contributed by atoms with E-state index in [4.69, 9.17) is 0 Å². The lowest BCUT2D eigenvalue weighted by molar-refractivity contribution is -0.125. The van der Waals surface area contributed by atoms with Gasteiger partial charge in [-0.1, -0.05) is 6.07 Å². The van der Waals surface area contributed by atoms with Gasteiger partial charge in [0.2, 0.25) is 5.91 Å². The third-order valence-corrected chi connectivity index (χ3v) is 11.5. The van der Waals surface area contributed by atoms with E-state index in [0.29, 0.717) is 29.6 Å². The van der Waals surface area contributed by atoms with E-state index in [2.05, 4.69) is 77.6 Å². The third kappa shape index (κ3) is 8.25. The summed E-state index contributed by atoms with van der Waals surface area (Å²) in [5, 5.41) is 23.6. The molecule has 0 saturated carbocycles. The highest BCUT2D eigenvalue weighted by atomic mass is 32.2. The zero-order valence-corrected chi connectivity index (χ0v) is 30.0. The molecule has 0 aliphatic carbocycles. The molecule has 4 aliphatic heterocycles. The summed E-state index contributed by atoms with van der Waals surface area (Å²) >= 11 is 1.19. The summed E-state index contributed by atoms with van der Waals surface area (Å²) < 4.78 is 41.5. The van der Waals surface area contributed by atoms with Crippen LogP contribution in [-0.4, -0.2) is 115 Å². The second-order valence-electron chi connectivity index (χ2n) is 13.6. The molecule has 1 aromatic heterocycles. The van der Waals surface area contributed by atoms with Gasteiger partial charge in [0.1, 0.15) is 23.0 Å². The third-order valence-electron chi connectivity index (χ3n) is 10.3. The van der Waals surface area contributed by atoms with Crippen molar-refractivity contribution in [2.24, 2.45) is 4.99 Å². The number of nitrogens with one attached hydrogen (secondary N) is 4. The van der Waals surface area contributed by atoms with Gasteiger partial charge in [0.15, 0.2) is 5.96 Å².